The van der Waals surface area contributed by atoms with Crippen molar-refractivity contribution in [2.75, 3.05) is 26.3 Å². The lowest BCUT2D eigenvalue weighted by molar-refractivity contribution is -0.281. The van der Waals surface area contributed by atoms with Gasteiger partial charge in [-0.25, -0.2) is 0 Å². The van der Waals surface area contributed by atoms with E-state index in [4.69, 9.17) is 21.1 Å². The van der Waals surface area contributed by atoms with Crippen LogP contribution in [0.25, 0.3) is 0 Å². The predicted octanol–water partition coefficient (Wildman–Crippen LogP) is 2.71. The number of rotatable bonds is 1. The van der Waals surface area contributed by atoms with Gasteiger partial charge in [0.25, 0.3) is 5.91 Å². The molecule has 1 aromatic rings. The van der Waals surface area contributed by atoms with E-state index in [1.807, 2.05) is 4.90 Å². The molecule has 2 aliphatic heterocycles. The topological polar surface area (TPSA) is 38.8 Å². The molecule has 20 heavy (non-hydrogen) atoms. The Morgan fingerprint density at radius 2 is 1.90 bits per heavy atom. The SMILES string of the molecule is O=C(c1cccc(Cl)c1)N1CCC2(CC1)OCCCO2. The van der Waals surface area contributed by atoms with Gasteiger partial charge in [0, 0.05) is 36.5 Å². The van der Waals surface area contributed by atoms with Gasteiger partial charge in [-0.1, -0.05) is 17.7 Å². The van der Waals surface area contributed by atoms with Gasteiger partial charge in [-0.2, -0.15) is 0 Å². The second kappa shape index (κ2) is 5.72. The van der Waals surface area contributed by atoms with Crippen LogP contribution in [0.2, 0.25) is 5.02 Å². The van der Waals surface area contributed by atoms with Crippen LogP contribution in [0.4, 0.5) is 0 Å². The number of amides is 1. The van der Waals surface area contributed by atoms with Crippen LogP contribution in [0.1, 0.15) is 29.6 Å². The molecule has 0 saturated carbocycles. The molecule has 108 valence electrons. The summed E-state index contributed by atoms with van der Waals surface area (Å²) < 4.78 is 11.6. The van der Waals surface area contributed by atoms with Crippen molar-refractivity contribution in [2.24, 2.45) is 0 Å². The van der Waals surface area contributed by atoms with E-state index in [1.165, 1.54) is 0 Å². The zero-order chi connectivity index (χ0) is 14.0. The zero-order valence-corrected chi connectivity index (χ0v) is 12.1. The summed E-state index contributed by atoms with van der Waals surface area (Å²) in [6.07, 6.45) is 2.42. The Bertz CT molecular complexity index is 490. The minimum Gasteiger partial charge on any atom is -0.350 e. The van der Waals surface area contributed by atoms with Crippen LogP contribution in [0.5, 0.6) is 0 Å². The molecule has 1 amide bonds. The molecule has 0 bridgehead atoms. The van der Waals surface area contributed by atoms with E-state index in [-0.39, 0.29) is 5.91 Å². The van der Waals surface area contributed by atoms with Gasteiger partial charge in [0.2, 0.25) is 0 Å². The third-order valence-corrected chi connectivity index (χ3v) is 4.14. The van der Waals surface area contributed by atoms with Crippen LogP contribution in [-0.4, -0.2) is 42.9 Å². The number of halogens is 1. The number of ether oxygens (including phenoxy) is 2. The molecule has 4 nitrogen and oxygen atoms in total. The highest BCUT2D eigenvalue weighted by Crippen LogP contribution is 2.31. The van der Waals surface area contributed by atoms with Crippen molar-refractivity contribution in [1.82, 2.24) is 4.90 Å². The van der Waals surface area contributed by atoms with Crippen LogP contribution in [0.3, 0.4) is 0 Å². The summed E-state index contributed by atoms with van der Waals surface area (Å²) >= 11 is 5.93. The average Bonchev–Trinajstić information content (AvgIpc) is 2.48. The molecule has 2 aliphatic rings. The number of piperidine rings is 1. The Morgan fingerprint density at radius 1 is 1.20 bits per heavy atom. The fraction of sp³-hybridized carbons (Fsp3) is 0.533. The number of carbonyl (C=O) groups is 1. The van der Waals surface area contributed by atoms with Crippen molar-refractivity contribution >= 4 is 17.5 Å². The molecule has 0 radical (unpaired) electrons. The third kappa shape index (κ3) is 2.82. The molecule has 0 aliphatic carbocycles. The minimum atomic E-state index is -0.455. The number of likely N-dealkylation sites (tertiary alicyclic amines) is 1. The van der Waals surface area contributed by atoms with E-state index in [0.29, 0.717) is 23.7 Å². The number of benzene rings is 1. The standard InChI is InChI=1S/C15H18ClNO3/c16-13-4-1-3-12(11-13)14(18)17-7-5-15(6-8-17)19-9-2-10-20-15/h1,3-4,11H,2,5-10H2. The van der Waals surface area contributed by atoms with Crippen LogP contribution in [0.15, 0.2) is 24.3 Å². The molecule has 0 atom stereocenters. The van der Waals surface area contributed by atoms with Crippen molar-refractivity contribution < 1.29 is 14.3 Å². The highest BCUT2D eigenvalue weighted by atomic mass is 35.5. The smallest absolute Gasteiger partial charge is 0.253 e. The van der Waals surface area contributed by atoms with Gasteiger partial charge >= 0.3 is 0 Å². The van der Waals surface area contributed by atoms with E-state index < -0.39 is 5.79 Å². The first-order chi connectivity index (χ1) is 9.69. The van der Waals surface area contributed by atoms with Crippen molar-refractivity contribution in [3.63, 3.8) is 0 Å². The van der Waals surface area contributed by atoms with Crippen LogP contribution < -0.4 is 0 Å². The molecule has 1 aromatic carbocycles. The van der Waals surface area contributed by atoms with Crippen molar-refractivity contribution in [3.8, 4) is 0 Å². The maximum absolute atomic E-state index is 12.4. The van der Waals surface area contributed by atoms with Crippen molar-refractivity contribution in [2.45, 2.75) is 25.0 Å². The molecule has 2 heterocycles. The fourth-order valence-electron chi connectivity index (χ4n) is 2.76. The van der Waals surface area contributed by atoms with Gasteiger partial charge in [-0.05, 0) is 24.6 Å². The second-order valence-corrected chi connectivity index (χ2v) is 5.70. The summed E-state index contributed by atoms with van der Waals surface area (Å²) in [6, 6.07) is 7.08. The first kappa shape index (κ1) is 13.9. The summed E-state index contributed by atoms with van der Waals surface area (Å²) in [5.74, 6) is -0.429. The highest BCUT2D eigenvalue weighted by molar-refractivity contribution is 6.30. The zero-order valence-electron chi connectivity index (χ0n) is 11.3. The molecule has 5 heteroatoms. The molecule has 2 fully saturated rings. The Kier molecular flexibility index (Phi) is 3.96. The Balaban J connectivity index is 1.64. The van der Waals surface area contributed by atoms with Gasteiger partial charge in [0.1, 0.15) is 0 Å². The Labute approximate surface area is 123 Å². The number of nitrogens with zero attached hydrogens (tertiary/aromatic N) is 1. The molecular formula is C15H18ClNO3. The Morgan fingerprint density at radius 3 is 2.55 bits per heavy atom. The lowest BCUT2D eigenvalue weighted by Crippen LogP contribution is -2.51. The summed E-state index contributed by atoms with van der Waals surface area (Å²) in [5, 5.41) is 0.586. The quantitative estimate of drug-likeness (QED) is 0.799. The van der Waals surface area contributed by atoms with E-state index in [9.17, 15) is 4.79 Å². The number of carbonyl (C=O) groups excluding carboxylic acids is 1. The van der Waals surface area contributed by atoms with Crippen LogP contribution in [0, 0.1) is 0 Å². The molecule has 0 unspecified atom stereocenters. The normalized spacial score (nSPS) is 21.9. The minimum absolute atomic E-state index is 0.0261. The van der Waals surface area contributed by atoms with Crippen molar-refractivity contribution in [1.29, 1.82) is 0 Å². The third-order valence-electron chi connectivity index (χ3n) is 3.90. The van der Waals surface area contributed by atoms with Crippen molar-refractivity contribution in [3.05, 3.63) is 34.9 Å². The molecular weight excluding hydrogens is 278 g/mol. The summed E-state index contributed by atoms with van der Waals surface area (Å²) in [5.41, 5.74) is 0.638. The summed E-state index contributed by atoms with van der Waals surface area (Å²) in [7, 11) is 0. The lowest BCUT2D eigenvalue weighted by atomic mass is 10.0. The monoisotopic (exact) mass is 295 g/mol. The van der Waals surface area contributed by atoms with Gasteiger partial charge in [0.05, 0.1) is 13.2 Å². The maximum atomic E-state index is 12.4. The van der Waals surface area contributed by atoms with E-state index in [1.54, 1.807) is 24.3 Å². The summed E-state index contributed by atoms with van der Waals surface area (Å²) in [4.78, 5) is 14.3. The lowest BCUT2D eigenvalue weighted by Gasteiger charge is -2.43. The first-order valence-corrected chi connectivity index (χ1v) is 7.39. The average molecular weight is 296 g/mol. The van der Waals surface area contributed by atoms with Crippen LogP contribution >= 0.6 is 11.6 Å². The molecule has 0 aromatic heterocycles. The van der Waals surface area contributed by atoms with E-state index in [2.05, 4.69) is 0 Å². The first-order valence-electron chi connectivity index (χ1n) is 7.01. The number of hydrogen-bond acceptors (Lipinski definition) is 3. The van der Waals surface area contributed by atoms with E-state index >= 15 is 0 Å². The van der Waals surface area contributed by atoms with Gasteiger partial charge < -0.3 is 14.4 Å². The van der Waals surface area contributed by atoms with Gasteiger partial charge in [-0.15, -0.1) is 0 Å². The fourth-order valence-corrected chi connectivity index (χ4v) is 2.95. The number of hydrogen-bond donors (Lipinski definition) is 0. The second-order valence-electron chi connectivity index (χ2n) is 5.26. The summed E-state index contributed by atoms with van der Waals surface area (Å²) in [6.45, 7) is 2.82. The highest BCUT2D eigenvalue weighted by Gasteiger charge is 2.39. The van der Waals surface area contributed by atoms with Gasteiger partial charge in [-0.3, -0.25) is 4.79 Å². The molecule has 1 spiro atoms. The Hall–Kier alpha value is -1.10. The maximum Gasteiger partial charge on any atom is 0.253 e. The molecule has 2 saturated heterocycles. The molecule has 3 rings (SSSR count). The molecule has 0 N–H and O–H groups in total. The largest absolute Gasteiger partial charge is 0.350 e. The van der Waals surface area contributed by atoms with Crippen LogP contribution in [-0.2, 0) is 9.47 Å². The van der Waals surface area contributed by atoms with Gasteiger partial charge in [0.15, 0.2) is 5.79 Å². The predicted molar refractivity (Wildman–Crippen MR) is 75.8 cm³/mol. The van der Waals surface area contributed by atoms with E-state index in [0.717, 1.165) is 32.5 Å².